The quantitative estimate of drug-likeness (QED) is 0.619. The molecule has 0 spiro atoms. The van der Waals surface area contributed by atoms with Gasteiger partial charge in [0.15, 0.2) is 6.61 Å². The van der Waals surface area contributed by atoms with Gasteiger partial charge in [-0.25, -0.2) is 9.18 Å². The molecular weight excluding hydrogens is 425 g/mol. The van der Waals surface area contributed by atoms with Crippen LogP contribution in [0.4, 0.5) is 10.1 Å². The molecule has 1 aliphatic heterocycles. The number of nitrogens with zero attached hydrogens (tertiary/aromatic N) is 2. The summed E-state index contributed by atoms with van der Waals surface area (Å²) in [7, 11) is 0. The van der Waals surface area contributed by atoms with Crippen molar-refractivity contribution in [1.29, 1.82) is 0 Å². The monoisotopic (exact) mass is 455 g/mol. The lowest BCUT2D eigenvalue weighted by atomic mass is 10.0. The number of benzene rings is 2. The van der Waals surface area contributed by atoms with Gasteiger partial charge in [-0.15, -0.1) is 0 Å². The summed E-state index contributed by atoms with van der Waals surface area (Å²) in [5, 5.41) is 2.72. The van der Waals surface area contributed by atoms with E-state index in [1.165, 1.54) is 12.1 Å². The van der Waals surface area contributed by atoms with Crippen molar-refractivity contribution in [3.8, 4) is 0 Å². The van der Waals surface area contributed by atoms with E-state index in [9.17, 15) is 18.8 Å². The average molecular weight is 456 g/mol. The minimum atomic E-state index is -0.829. The van der Waals surface area contributed by atoms with Gasteiger partial charge in [0.25, 0.3) is 5.91 Å². The maximum absolute atomic E-state index is 13.1. The highest BCUT2D eigenvalue weighted by Crippen LogP contribution is 2.17. The maximum Gasteiger partial charge on any atom is 0.329 e. The molecule has 1 heterocycles. The Balaban J connectivity index is 1.45. The fourth-order valence-corrected chi connectivity index (χ4v) is 3.68. The number of nitrogens with one attached hydrogen (secondary N) is 1. The van der Waals surface area contributed by atoms with E-state index < -0.39 is 12.0 Å². The number of carbonyl (C=O) groups is 3. The van der Waals surface area contributed by atoms with Crippen LogP contribution < -0.4 is 10.2 Å². The van der Waals surface area contributed by atoms with Crippen LogP contribution in [0.1, 0.15) is 19.4 Å². The Bertz CT molecular complexity index is 942. The molecular formula is C25H30FN3O4. The first kappa shape index (κ1) is 24.2. The van der Waals surface area contributed by atoms with Crippen LogP contribution in [-0.4, -0.2) is 61.5 Å². The van der Waals surface area contributed by atoms with E-state index in [0.29, 0.717) is 26.2 Å². The van der Waals surface area contributed by atoms with Crippen LogP contribution in [0.2, 0.25) is 0 Å². The van der Waals surface area contributed by atoms with Crippen LogP contribution in [0.5, 0.6) is 0 Å². The molecule has 0 radical (unpaired) electrons. The van der Waals surface area contributed by atoms with Crippen molar-refractivity contribution < 1.29 is 23.5 Å². The van der Waals surface area contributed by atoms with Gasteiger partial charge in [-0.05, 0) is 35.7 Å². The van der Waals surface area contributed by atoms with E-state index in [1.807, 2.05) is 44.2 Å². The molecule has 1 saturated heterocycles. The predicted molar refractivity (Wildman–Crippen MR) is 123 cm³/mol. The van der Waals surface area contributed by atoms with Crippen LogP contribution in [0.25, 0.3) is 0 Å². The number of hydrogen-bond donors (Lipinski definition) is 1. The van der Waals surface area contributed by atoms with Gasteiger partial charge in [0.05, 0.1) is 6.42 Å². The number of carbonyl (C=O) groups excluding carboxylic acids is 3. The number of anilines is 1. The number of amides is 2. The largest absolute Gasteiger partial charge is 0.454 e. The van der Waals surface area contributed by atoms with Crippen LogP contribution in [0.3, 0.4) is 0 Å². The fraction of sp³-hybridized carbons (Fsp3) is 0.400. The minimum Gasteiger partial charge on any atom is -0.454 e. The minimum absolute atomic E-state index is 0.161. The molecule has 7 nitrogen and oxygen atoms in total. The van der Waals surface area contributed by atoms with Gasteiger partial charge in [-0.3, -0.25) is 9.59 Å². The van der Waals surface area contributed by atoms with Crippen molar-refractivity contribution in [3.63, 3.8) is 0 Å². The first-order valence-corrected chi connectivity index (χ1v) is 11.1. The fourth-order valence-electron chi connectivity index (χ4n) is 3.68. The van der Waals surface area contributed by atoms with E-state index in [4.69, 9.17) is 4.74 Å². The molecule has 1 N–H and O–H groups in total. The van der Waals surface area contributed by atoms with Crippen LogP contribution in [-0.2, 0) is 25.5 Å². The molecule has 8 heteroatoms. The standard InChI is InChI=1S/C25H30FN3O4/c1-18(2)24(27-22(30)16-19-6-4-3-5-7-19)25(32)33-17-23(31)29-14-12-28(13-15-29)21-10-8-20(26)9-11-21/h3-11,18,24H,12-17H2,1-2H3,(H,27,30). The average Bonchev–Trinajstić information content (AvgIpc) is 2.82. The third kappa shape index (κ3) is 7.03. The number of piperazine rings is 1. The molecule has 1 atom stereocenters. The van der Waals surface area contributed by atoms with Crippen molar-refractivity contribution in [3.05, 3.63) is 66.0 Å². The topological polar surface area (TPSA) is 78.9 Å². The molecule has 2 aromatic carbocycles. The second-order valence-electron chi connectivity index (χ2n) is 8.40. The van der Waals surface area contributed by atoms with Gasteiger partial charge in [0, 0.05) is 31.9 Å². The molecule has 2 aromatic rings. The van der Waals surface area contributed by atoms with Crippen molar-refractivity contribution in [1.82, 2.24) is 10.2 Å². The molecule has 3 rings (SSSR count). The van der Waals surface area contributed by atoms with Crippen molar-refractivity contribution in [2.45, 2.75) is 26.3 Å². The molecule has 1 unspecified atom stereocenters. The molecule has 33 heavy (non-hydrogen) atoms. The Morgan fingerprint density at radius 1 is 0.970 bits per heavy atom. The number of ether oxygens (including phenoxy) is 1. The van der Waals surface area contributed by atoms with Crippen LogP contribution >= 0.6 is 0 Å². The molecule has 2 amide bonds. The van der Waals surface area contributed by atoms with Gasteiger partial charge in [0.1, 0.15) is 11.9 Å². The predicted octanol–water partition coefficient (Wildman–Crippen LogP) is 2.40. The molecule has 0 saturated carbocycles. The number of hydrogen-bond acceptors (Lipinski definition) is 5. The van der Waals surface area contributed by atoms with E-state index in [1.54, 1.807) is 17.0 Å². The summed E-state index contributed by atoms with van der Waals surface area (Å²) in [6, 6.07) is 14.7. The van der Waals surface area contributed by atoms with Gasteiger partial charge in [0.2, 0.25) is 5.91 Å². The molecule has 1 aliphatic rings. The van der Waals surface area contributed by atoms with Gasteiger partial charge < -0.3 is 19.9 Å². The maximum atomic E-state index is 13.1. The Kier molecular flexibility index (Phi) is 8.40. The summed E-state index contributed by atoms with van der Waals surface area (Å²) in [5.74, 6) is -1.65. The summed E-state index contributed by atoms with van der Waals surface area (Å²) in [6.07, 6.45) is 0.161. The van der Waals surface area contributed by atoms with Gasteiger partial charge in [-0.1, -0.05) is 44.2 Å². The molecule has 1 fully saturated rings. The van der Waals surface area contributed by atoms with E-state index in [0.717, 1.165) is 11.3 Å². The lowest BCUT2D eigenvalue weighted by molar-refractivity contribution is -0.155. The zero-order chi connectivity index (χ0) is 23.8. The Morgan fingerprint density at radius 3 is 2.21 bits per heavy atom. The van der Waals surface area contributed by atoms with Crippen LogP contribution in [0.15, 0.2) is 54.6 Å². The lowest BCUT2D eigenvalue weighted by Crippen LogP contribution is -2.51. The third-order valence-corrected chi connectivity index (χ3v) is 5.61. The Labute approximate surface area is 193 Å². The first-order chi connectivity index (χ1) is 15.8. The second kappa shape index (κ2) is 11.4. The van der Waals surface area contributed by atoms with E-state index in [2.05, 4.69) is 10.2 Å². The first-order valence-electron chi connectivity index (χ1n) is 11.1. The zero-order valence-corrected chi connectivity index (χ0v) is 19.0. The van der Waals surface area contributed by atoms with Crippen molar-refractivity contribution in [2.24, 2.45) is 5.92 Å². The van der Waals surface area contributed by atoms with E-state index in [-0.39, 0.29) is 36.6 Å². The second-order valence-corrected chi connectivity index (χ2v) is 8.40. The summed E-state index contributed by atoms with van der Waals surface area (Å²) in [5.41, 5.74) is 1.75. The summed E-state index contributed by atoms with van der Waals surface area (Å²) < 4.78 is 18.4. The number of rotatable bonds is 8. The highest BCUT2D eigenvalue weighted by molar-refractivity contribution is 5.87. The summed E-state index contributed by atoms with van der Waals surface area (Å²) in [4.78, 5) is 41.2. The van der Waals surface area contributed by atoms with Gasteiger partial charge >= 0.3 is 5.97 Å². The summed E-state index contributed by atoms with van der Waals surface area (Å²) in [6.45, 7) is 5.43. The zero-order valence-electron chi connectivity index (χ0n) is 19.0. The molecule has 0 aliphatic carbocycles. The summed E-state index contributed by atoms with van der Waals surface area (Å²) >= 11 is 0. The normalized spacial score (nSPS) is 14.7. The highest BCUT2D eigenvalue weighted by Gasteiger charge is 2.28. The highest BCUT2D eigenvalue weighted by atomic mass is 19.1. The SMILES string of the molecule is CC(C)C(NC(=O)Cc1ccccc1)C(=O)OCC(=O)N1CCN(c2ccc(F)cc2)CC1. The van der Waals surface area contributed by atoms with Gasteiger partial charge in [-0.2, -0.15) is 0 Å². The smallest absolute Gasteiger partial charge is 0.329 e. The van der Waals surface area contributed by atoms with Crippen molar-refractivity contribution >= 4 is 23.5 Å². The Hall–Kier alpha value is -3.42. The number of esters is 1. The van der Waals surface area contributed by atoms with Crippen LogP contribution in [0, 0.1) is 11.7 Å². The third-order valence-electron chi connectivity index (χ3n) is 5.61. The number of halogens is 1. The molecule has 176 valence electrons. The molecule has 0 bridgehead atoms. The molecule has 0 aromatic heterocycles. The van der Waals surface area contributed by atoms with Crippen molar-refractivity contribution in [2.75, 3.05) is 37.7 Å². The Morgan fingerprint density at radius 2 is 1.61 bits per heavy atom. The van der Waals surface area contributed by atoms with E-state index >= 15 is 0 Å². The lowest BCUT2D eigenvalue weighted by Gasteiger charge is -2.36.